The Hall–Kier alpha value is -2.97. The smallest absolute Gasteiger partial charge is 0.409 e. The fourth-order valence-corrected chi connectivity index (χ4v) is 2.83. The molecule has 1 aromatic carbocycles. The first kappa shape index (κ1) is 18.8. The van der Waals surface area contributed by atoms with Gasteiger partial charge in [0.15, 0.2) is 0 Å². The summed E-state index contributed by atoms with van der Waals surface area (Å²) in [5.41, 5.74) is 0.520. The molecule has 0 radical (unpaired) electrons. The Labute approximate surface area is 155 Å². The summed E-state index contributed by atoms with van der Waals surface area (Å²) < 4.78 is 23.4. The van der Waals surface area contributed by atoms with Crippen LogP contribution < -0.4 is 0 Å². The topological polar surface area (TPSA) is 88.8 Å². The van der Waals surface area contributed by atoms with Crippen molar-refractivity contribution in [1.82, 2.24) is 19.9 Å². The summed E-state index contributed by atoms with van der Waals surface area (Å²) in [5, 5.41) is 3.83. The van der Waals surface area contributed by atoms with E-state index in [9.17, 15) is 14.0 Å². The van der Waals surface area contributed by atoms with E-state index in [-0.39, 0.29) is 24.2 Å². The standard InChI is InChI=1S/C18H21FN4O4/c1-2-26-18(25)23-10-8-22(9-11-23)16(24)7-6-15-20-17(21-27-15)13-4-3-5-14(19)12-13/h3-5,12H,2,6-11H2,1H3. The molecule has 1 aliphatic heterocycles. The quantitative estimate of drug-likeness (QED) is 0.794. The van der Waals surface area contributed by atoms with Gasteiger partial charge in [0.05, 0.1) is 6.61 Å². The molecule has 1 fully saturated rings. The third-order valence-corrected chi connectivity index (χ3v) is 4.26. The second-order valence-electron chi connectivity index (χ2n) is 6.09. The number of nitrogens with zero attached hydrogens (tertiary/aromatic N) is 4. The zero-order chi connectivity index (χ0) is 19.2. The Balaban J connectivity index is 1.48. The van der Waals surface area contributed by atoms with Crippen LogP contribution in [-0.4, -0.2) is 64.7 Å². The molecule has 0 N–H and O–H groups in total. The zero-order valence-electron chi connectivity index (χ0n) is 15.1. The minimum atomic E-state index is -0.379. The highest BCUT2D eigenvalue weighted by atomic mass is 19.1. The molecule has 9 heteroatoms. The molecule has 2 aromatic rings. The Morgan fingerprint density at radius 1 is 1.22 bits per heavy atom. The number of carbonyl (C=O) groups is 2. The largest absolute Gasteiger partial charge is 0.450 e. The van der Waals surface area contributed by atoms with E-state index in [1.54, 1.807) is 28.9 Å². The number of hydrogen-bond donors (Lipinski definition) is 0. The maximum atomic E-state index is 13.3. The van der Waals surface area contributed by atoms with Crippen LogP contribution in [0.2, 0.25) is 0 Å². The van der Waals surface area contributed by atoms with E-state index < -0.39 is 0 Å². The molecule has 0 unspecified atom stereocenters. The van der Waals surface area contributed by atoms with Gasteiger partial charge in [-0.25, -0.2) is 9.18 Å². The van der Waals surface area contributed by atoms with E-state index in [4.69, 9.17) is 9.26 Å². The minimum Gasteiger partial charge on any atom is -0.450 e. The van der Waals surface area contributed by atoms with Crippen LogP contribution in [0.25, 0.3) is 11.4 Å². The van der Waals surface area contributed by atoms with E-state index in [2.05, 4.69) is 10.1 Å². The van der Waals surface area contributed by atoms with Gasteiger partial charge >= 0.3 is 6.09 Å². The lowest BCUT2D eigenvalue weighted by Gasteiger charge is -2.34. The van der Waals surface area contributed by atoms with Crippen LogP contribution in [-0.2, 0) is 16.0 Å². The van der Waals surface area contributed by atoms with Crippen molar-refractivity contribution in [2.45, 2.75) is 19.8 Å². The van der Waals surface area contributed by atoms with Gasteiger partial charge in [0.1, 0.15) is 5.82 Å². The monoisotopic (exact) mass is 376 g/mol. The molecule has 144 valence electrons. The second-order valence-corrected chi connectivity index (χ2v) is 6.09. The summed E-state index contributed by atoms with van der Waals surface area (Å²) in [6.45, 7) is 3.93. The van der Waals surface area contributed by atoms with Gasteiger partial charge in [-0.3, -0.25) is 4.79 Å². The van der Waals surface area contributed by atoms with Gasteiger partial charge in [0.25, 0.3) is 0 Å². The van der Waals surface area contributed by atoms with Gasteiger partial charge < -0.3 is 19.1 Å². The van der Waals surface area contributed by atoms with Gasteiger partial charge in [-0.05, 0) is 19.1 Å². The summed E-state index contributed by atoms with van der Waals surface area (Å²) in [4.78, 5) is 31.5. The van der Waals surface area contributed by atoms with Crippen molar-refractivity contribution in [3.8, 4) is 11.4 Å². The summed E-state index contributed by atoms with van der Waals surface area (Å²) >= 11 is 0. The molecule has 0 aliphatic carbocycles. The molecule has 1 aromatic heterocycles. The highest BCUT2D eigenvalue weighted by Crippen LogP contribution is 2.17. The maximum Gasteiger partial charge on any atom is 0.409 e. The molecular formula is C18H21FN4O4. The number of hydrogen-bond acceptors (Lipinski definition) is 6. The van der Waals surface area contributed by atoms with Gasteiger partial charge in [0, 0.05) is 44.6 Å². The van der Waals surface area contributed by atoms with Gasteiger partial charge in [-0.15, -0.1) is 0 Å². The van der Waals surface area contributed by atoms with Gasteiger partial charge in [-0.2, -0.15) is 4.98 Å². The normalized spacial score (nSPS) is 14.3. The Kier molecular flexibility index (Phi) is 6.00. The fourth-order valence-electron chi connectivity index (χ4n) is 2.83. The average Bonchev–Trinajstić information content (AvgIpc) is 3.15. The Morgan fingerprint density at radius 3 is 2.67 bits per heavy atom. The average molecular weight is 376 g/mol. The molecule has 0 bridgehead atoms. The number of benzene rings is 1. The first-order valence-electron chi connectivity index (χ1n) is 8.85. The SMILES string of the molecule is CCOC(=O)N1CCN(C(=O)CCc2nc(-c3cccc(F)c3)no2)CC1. The van der Waals surface area contributed by atoms with E-state index in [1.807, 2.05) is 0 Å². The highest BCUT2D eigenvalue weighted by molar-refractivity contribution is 5.77. The lowest BCUT2D eigenvalue weighted by Crippen LogP contribution is -2.50. The molecule has 1 aliphatic rings. The Bertz CT molecular complexity index is 802. The van der Waals surface area contributed by atoms with Crippen molar-refractivity contribution in [1.29, 1.82) is 0 Å². The molecule has 2 amide bonds. The highest BCUT2D eigenvalue weighted by Gasteiger charge is 2.25. The molecule has 27 heavy (non-hydrogen) atoms. The number of aryl methyl sites for hydroxylation is 1. The molecule has 8 nitrogen and oxygen atoms in total. The van der Waals surface area contributed by atoms with Gasteiger partial charge in [-0.1, -0.05) is 17.3 Å². The predicted octanol–water partition coefficient (Wildman–Crippen LogP) is 2.11. The fraction of sp³-hybridized carbons (Fsp3) is 0.444. The zero-order valence-corrected chi connectivity index (χ0v) is 15.1. The third kappa shape index (κ3) is 4.81. The second kappa shape index (κ2) is 8.61. The van der Waals surface area contributed by atoms with Crippen LogP contribution in [0.15, 0.2) is 28.8 Å². The van der Waals surface area contributed by atoms with Crippen LogP contribution in [0.3, 0.4) is 0 Å². The van der Waals surface area contributed by atoms with Crippen molar-refractivity contribution in [3.63, 3.8) is 0 Å². The van der Waals surface area contributed by atoms with E-state index in [1.165, 1.54) is 12.1 Å². The molecule has 1 saturated heterocycles. The van der Waals surface area contributed by atoms with Crippen molar-refractivity contribution in [2.24, 2.45) is 0 Å². The maximum absolute atomic E-state index is 13.3. The summed E-state index contributed by atoms with van der Waals surface area (Å²) in [6, 6.07) is 5.92. The molecular weight excluding hydrogens is 355 g/mol. The van der Waals surface area contributed by atoms with Crippen LogP contribution in [0.4, 0.5) is 9.18 Å². The van der Waals surface area contributed by atoms with Crippen LogP contribution in [0, 0.1) is 5.82 Å². The predicted molar refractivity (Wildman–Crippen MR) is 93.2 cm³/mol. The van der Waals surface area contributed by atoms with Crippen LogP contribution in [0.1, 0.15) is 19.2 Å². The number of carbonyl (C=O) groups excluding carboxylic acids is 2. The number of amides is 2. The van der Waals surface area contributed by atoms with Crippen LogP contribution in [0.5, 0.6) is 0 Å². The van der Waals surface area contributed by atoms with Crippen LogP contribution >= 0.6 is 0 Å². The molecule has 2 heterocycles. The number of halogens is 1. The molecule has 0 atom stereocenters. The van der Waals surface area contributed by atoms with Crippen molar-refractivity contribution < 1.29 is 23.2 Å². The molecule has 0 saturated carbocycles. The number of ether oxygens (including phenoxy) is 1. The molecule has 0 spiro atoms. The number of rotatable bonds is 5. The number of piperazine rings is 1. The number of aromatic nitrogens is 2. The Morgan fingerprint density at radius 2 is 1.96 bits per heavy atom. The van der Waals surface area contributed by atoms with Crippen molar-refractivity contribution >= 4 is 12.0 Å². The molecule has 3 rings (SSSR count). The first-order chi connectivity index (χ1) is 13.1. The third-order valence-electron chi connectivity index (χ3n) is 4.26. The van der Waals surface area contributed by atoms with Crippen molar-refractivity contribution in [3.05, 3.63) is 36.0 Å². The summed E-state index contributed by atoms with van der Waals surface area (Å²) in [6.07, 6.45) is 0.184. The lowest BCUT2D eigenvalue weighted by molar-refractivity contribution is -0.132. The first-order valence-corrected chi connectivity index (χ1v) is 8.85. The minimum absolute atomic E-state index is 0.0379. The van der Waals surface area contributed by atoms with Crippen molar-refractivity contribution in [2.75, 3.05) is 32.8 Å². The van der Waals surface area contributed by atoms with Gasteiger partial charge in [0.2, 0.25) is 17.6 Å². The van der Waals surface area contributed by atoms with E-state index >= 15 is 0 Å². The summed E-state index contributed by atoms with van der Waals surface area (Å²) in [7, 11) is 0. The lowest BCUT2D eigenvalue weighted by atomic mass is 10.2. The summed E-state index contributed by atoms with van der Waals surface area (Å²) in [5.74, 6) is 0.202. The van der Waals surface area contributed by atoms with E-state index in [0.717, 1.165) is 0 Å². The van der Waals surface area contributed by atoms with E-state index in [0.29, 0.717) is 56.5 Å².